The molecular formula is C29H30BrN3O3. The van der Waals surface area contributed by atoms with Crippen LogP contribution < -0.4 is 4.74 Å². The van der Waals surface area contributed by atoms with Crippen LogP contribution in [-0.4, -0.2) is 78.4 Å². The van der Waals surface area contributed by atoms with Crippen LogP contribution in [0, 0.1) is 0 Å². The van der Waals surface area contributed by atoms with Gasteiger partial charge in [-0.2, -0.15) is 0 Å². The number of benzene rings is 3. The zero-order chi connectivity index (χ0) is 24.9. The number of likely N-dealkylation sites (tertiary alicyclic amines) is 1. The summed E-state index contributed by atoms with van der Waals surface area (Å²) in [4.78, 5) is 31.8. The maximum absolute atomic E-state index is 12.9. The van der Waals surface area contributed by atoms with Crippen LogP contribution in [-0.2, 0) is 6.42 Å². The first-order valence-electron chi connectivity index (χ1n) is 12.4. The lowest BCUT2D eigenvalue weighted by atomic mass is 10.0. The molecule has 3 aromatic rings. The van der Waals surface area contributed by atoms with Gasteiger partial charge in [-0.05, 0) is 54.1 Å². The molecule has 2 saturated heterocycles. The van der Waals surface area contributed by atoms with Crippen molar-refractivity contribution in [2.75, 3.05) is 45.9 Å². The Morgan fingerprint density at radius 3 is 2.03 bits per heavy atom. The number of amides is 2. The van der Waals surface area contributed by atoms with Crippen molar-refractivity contribution in [3.05, 3.63) is 100 Å². The Balaban J connectivity index is 1.04. The lowest BCUT2D eigenvalue weighted by Gasteiger charge is -2.48. The normalized spacial score (nSPS) is 16.5. The fourth-order valence-electron chi connectivity index (χ4n) is 4.72. The standard InChI is InChI=1S/C29H30BrN3O3/c30-25-10-6-22(7-11-25)14-19-36-27-12-8-24(9-13-27)29(35)33-20-26(21-33)31-15-17-32(18-16-31)28(34)23-4-2-1-3-5-23/h1-13,26H,14-21H2. The lowest BCUT2D eigenvalue weighted by Crippen LogP contribution is -2.64. The average Bonchev–Trinajstić information content (AvgIpc) is 2.90. The van der Waals surface area contributed by atoms with Gasteiger partial charge < -0.3 is 14.5 Å². The second kappa shape index (κ2) is 11.3. The number of nitrogens with zero attached hydrogens (tertiary/aromatic N) is 3. The quantitative estimate of drug-likeness (QED) is 0.441. The van der Waals surface area contributed by atoms with E-state index in [1.807, 2.05) is 76.5 Å². The highest BCUT2D eigenvalue weighted by molar-refractivity contribution is 9.10. The molecule has 0 atom stereocenters. The maximum Gasteiger partial charge on any atom is 0.253 e. The molecule has 5 rings (SSSR count). The van der Waals surface area contributed by atoms with Crippen molar-refractivity contribution in [1.82, 2.24) is 14.7 Å². The second-order valence-corrected chi connectivity index (χ2v) is 10.2. The minimum absolute atomic E-state index is 0.0607. The fourth-order valence-corrected chi connectivity index (χ4v) is 4.98. The van der Waals surface area contributed by atoms with E-state index in [1.165, 1.54) is 5.56 Å². The number of hydrogen-bond acceptors (Lipinski definition) is 4. The van der Waals surface area contributed by atoms with Crippen molar-refractivity contribution in [1.29, 1.82) is 0 Å². The highest BCUT2D eigenvalue weighted by atomic mass is 79.9. The minimum Gasteiger partial charge on any atom is -0.493 e. The predicted octanol–water partition coefficient (Wildman–Crippen LogP) is 4.35. The summed E-state index contributed by atoms with van der Waals surface area (Å²) in [7, 11) is 0. The first-order valence-corrected chi connectivity index (χ1v) is 13.2. The molecule has 7 heteroatoms. The van der Waals surface area contributed by atoms with Gasteiger partial charge in [-0.1, -0.05) is 46.3 Å². The molecule has 0 bridgehead atoms. The van der Waals surface area contributed by atoms with Crippen LogP contribution in [0.1, 0.15) is 26.3 Å². The van der Waals surface area contributed by atoms with Gasteiger partial charge in [0.1, 0.15) is 5.75 Å². The summed E-state index contributed by atoms with van der Waals surface area (Å²) >= 11 is 3.45. The van der Waals surface area contributed by atoms with Crippen molar-refractivity contribution in [3.63, 3.8) is 0 Å². The molecule has 0 saturated carbocycles. The molecule has 0 unspecified atom stereocenters. The number of rotatable bonds is 7. The van der Waals surface area contributed by atoms with Gasteiger partial charge >= 0.3 is 0 Å². The Hall–Kier alpha value is -3.16. The third-order valence-corrected chi connectivity index (χ3v) is 7.49. The Morgan fingerprint density at radius 1 is 0.750 bits per heavy atom. The first-order chi connectivity index (χ1) is 17.6. The number of piperazine rings is 1. The molecule has 2 aliphatic rings. The highest BCUT2D eigenvalue weighted by Gasteiger charge is 2.37. The van der Waals surface area contributed by atoms with Gasteiger partial charge in [0.2, 0.25) is 0 Å². The molecule has 3 aromatic carbocycles. The fraction of sp³-hybridized carbons (Fsp3) is 0.310. The molecule has 0 aliphatic carbocycles. The zero-order valence-corrected chi connectivity index (χ0v) is 21.8. The summed E-state index contributed by atoms with van der Waals surface area (Å²) in [5.74, 6) is 0.931. The van der Waals surface area contributed by atoms with Crippen molar-refractivity contribution in [2.24, 2.45) is 0 Å². The van der Waals surface area contributed by atoms with Crippen LogP contribution >= 0.6 is 15.9 Å². The highest BCUT2D eigenvalue weighted by Crippen LogP contribution is 2.22. The third kappa shape index (κ3) is 5.79. The van der Waals surface area contributed by atoms with Crippen LogP contribution in [0.2, 0.25) is 0 Å². The summed E-state index contributed by atoms with van der Waals surface area (Å²) in [5.41, 5.74) is 2.65. The molecule has 0 aromatic heterocycles. The summed E-state index contributed by atoms with van der Waals surface area (Å²) in [6.07, 6.45) is 0.831. The zero-order valence-electron chi connectivity index (χ0n) is 20.2. The maximum atomic E-state index is 12.9. The van der Waals surface area contributed by atoms with Crippen LogP contribution in [0.3, 0.4) is 0 Å². The van der Waals surface area contributed by atoms with E-state index >= 15 is 0 Å². The molecule has 2 aliphatic heterocycles. The van der Waals surface area contributed by atoms with E-state index in [2.05, 4.69) is 33.0 Å². The van der Waals surface area contributed by atoms with E-state index in [0.29, 0.717) is 18.2 Å². The van der Waals surface area contributed by atoms with Crippen LogP contribution in [0.15, 0.2) is 83.3 Å². The third-order valence-electron chi connectivity index (χ3n) is 6.96. The summed E-state index contributed by atoms with van der Waals surface area (Å²) in [6.45, 7) is 5.19. The van der Waals surface area contributed by atoms with Crippen LogP contribution in [0.5, 0.6) is 5.75 Å². The molecule has 2 fully saturated rings. The molecule has 6 nitrogen and oxygen atoms in total. The minimum atomic E-state index is 0.0607. The molecule has 36 heavy (non-hydrogen) atoms. The largest absolute Gasteiger partial charge is 0.493 e. The number of carbonyl (C=O) groups is 2. The van der Waals surface area contributed by atoms with Gasteiger partial charge in [-0.3, -0.25) is 14.5 Å². The van der Waals surface area contributed by atoms with E-state index in [9.17, 15) is 9.59 Å². The molecule has 0 N–H and O–H groups in total. The van der Waals surface area contributed by atoms with Gasteiger partial charge in [-0.15, -0.1) is 0 Å². The predicted molar refractivity (Wildman–Crippen MR) is 143 cm³/mol. The second-order valence-electron chi connectivity index (χ2n) is 9.31. The smallest absolute Gasteiger partial charge is 0.253 e. The Kier molecular flexibility index (Phi) is 7.68. The number of carbonyl (C=O) groups excluding carboxylic acids is 2. The van der Waals surface area contributed by atoms with Crippen molar-refractivity contribution >= 4 is 27.7 Å². The monoisotopic (exact) mass is 547 g/mol. The van der Waals surface area contributed by atoms with Gasteiger partial charge in [0.05, 0.1) is 6.61 Å². The van der Waals surface area contributed by atoms with Gasteiger partial charge in [-0.25, -0.2) is 0 Å². The first kappa shape index (κ1) is 24.5. The molecule has 0 spiro atoms. The molecular weight excluding hydrogens is 518 g/mol. The number of ether oxygens (including phenoxy) is 1. The number of halogens is 1. The Morgan fingerprint density at radius 2 is 1.36 bits per heavy atom. The van der Waals surface area contributed by atoms with Crippen molar-refractivity contribution < 1.29 is 14.3 Å². The SMILES string of the molecule is O=C(c1ccccc1)N1CCN(C2CN(C(=O)c3ccc(OCCc4ccc(Br)cc4)cc3)C2)CC1. The van der Waals surface area contributed by atoms with Gasteiger partial charge in [0.15, 0.2) is 0 Å². The van der Waals surface area contributed by atoms with Gasteiger partial charge in [0, 0.05) is 67.3 Å². The number of hydrogen-bond donors (Lipinski definition) is 0. The molecule has 186 valence electrons. The van der Waals surface area contributed by atoms with E-state index in [1.54, 1.807) is 0 Å². The Labute approximate surface area is 220 Å². The summed E-state index contributed by atoms with van der Waals surface area (Å²) in [5, 5.41) is 0. The van der Waals surface area contributed by atoms with Crippen LogP contribution in [0.4, 0.5) is 0 Å². The van der Waals surface area contributed by atoms with E-state index in [0.717, 1.165) is 61.5 Å². The summed E-state index contributed by atoms with van der Waals surface area (Å²) in [6, 6.07) is 25.5. The molecule has 0 radical (unpaired) electrons. The van der Waals surface area contributed by atoms with Crippen molar-refractivity contribution in [2.45, 2.75) is 12.5 Å². The molecule has 2 heterocycles. The Bertz CT molecular complexity index is 1170. The topological polar surface area (TPSA) is 53.1 Å². The van der Waals surface area contributed by atoms with Crippen molar-refractivity contribution in [3.8, 4) is 5.75 Å². The van der Waals surface area contributed by atoms with E-state index < -0.39 is 0 Å². The van der Waals surface area contributed by atoms with E-state index in [-0.39, 0.29) is 11.8 Å². The van der Waals surface area contributed by atoms with Crippen LogP contribution in [0.25, 0.3) is 0 Å². The summed E-state index contributed by atoms with van der Waals surface area (Å²) < 4.78 is 6.92. The lowest BCUT2D eigenvalue weighted by molar-refractivity contribution is 0.00853. The van der Waals surface area contributed by atoms with Gasteiger partial charge in [0.25, 0.3) is 11.8 Å². The van der Waals surface area contributed by atoms with E-state index in [4.69, 9.17) is 4.74 Å². The molecule has 2 amide bonds. The average molecular weight is 548 g/mol.